The lowest BCUT2D eigenvalue weighted by atomic mass is 10.1. The molecule has 0 bridgehead atoms. The average Bonchev–Trinajstić information content (AvgIpc) is 2.75. The van der Waals surface area contributed by atoms with Crippen molar-refractivity contribution in [3.8, 4) is 11.6 Å². The molecule has 1 aromatic carbocycles. The Hall–Kier alpha value is -2.50. The Morgan fingerprint density at radius 2 is 2.06 bits per heavy atom. The number of hydrogen-bond donors (Lipinski definition) is 2. The van der Waals surface area contributed by atoms with E-state index in [1.807, 2.05) is 12.1 Å². The topological polar surface area (TPSA) is 84.6 Å². The number of aryl methyl sites for hydroxylation is 2. The second-order valence-corrected chi connectivity index (χ2v) is 3.73. The Balaban J connectivity index is 1.92. The first-order chi connectivity index (χ1) is 8.63. The Kier molecular flexibility index (Phi) is 3.47. The molecule has 0 saturated carbocycles. The van der Waals surface area contributed by atoms with Gasteiger partial charge < -0.3 is 19.5 Å². The van der Waals surface area contributed by atoms with Gasteiger partial charge in [0.2, 0.25) is 5.88 Å². The van der Waals surface area contributed by atoms with Crippen LogP contribution in [0.4, 0.5) is 4.79 Å². The molecular weight excluding hydrogens is 236 g/mol. The number of imidazole rings is 1. The summed E-state index contributed by atoms with van der Waals surface area (Å²) in [5, 5.41) is 17.6. The number of hydrogen-bond acceptors (Lipinski definition) is 4. The molecule has 1 heterocycles. The molecule has 2 aromatic rings. The molecule has 6 nitrogen and oxygen atoms in total. The molecule has 0 fully saturated rings. The summed E-state index contributed by atoms with van der Waals surface area (Å²) in [7, 11) is 0. The van der Waals surface area contributed by atoms with Gasteiger partial charge in [-0.05, 0) is 24.1 Å². The van der Waals surface area contributed by atoms with Crippen LogP contribution in [0.2, 0.25) is 0 Å². The fraction of sp³-hybridized carbons (Fsp3) is 0.167. The van der Waals surface area contributed by atoms with Crippen molar-refractivity contribution < 1.29 is 19.7 Å². The smallest absolute Gasteiger partial charge is 0.508 e. The first-order valence-corrected chi connectivity index (χ1v) is 5.34. The van der Waals surface area contributed by atoms with Crippen molar-refractivity contribution in [1.82, 2.24) is 9.55 Å². The summed E-state index contributed by atoms with van der Waals surface area (Å²) in [6, 6.07) is 6.92. The van der Waals surface area contributed by atoms with Crippen LogP contribution in [0.25, 0.3) is 0 Å². The number of phenolic OH excluding ortho intramolecular Hbond substituents is 1. The van der Waals surface area contributed by atoms with Gasteiger partial charge in [0.25, 0.3) is 0 Å². The van der Waals surface area contributed by atoms with Gasteiger partial charge in [-0.3, -0.25) is 0 Å². The van der Waals surface area contributed by atoms with Crippen molar-refractivity contribution in [2.45, 2.75) is 13.0 Å². The second kappa shape index (κ2) is 5.22. The molecule has 2 rings (SSSR count). The summed E-state index contributed by atoms with van der Waals surface area (Å²) in [6.45, 7) is 0.654. The molecule has 0 aliphatic carbocycles. The van der Waals surface area contributed by atoms with Gasteiger partial charge in [0.05, 0.1) is 12.5 Å². The highest BCUT2D eigenvalue weighted by molar-refractivity contribution is 5.60. The third kappa shape index (κ3) is 3.24. The number of nitrogens with zero attached hydrogens (tertiary/aromatic N) is 2. The molecule has 0 aliphatic heterocycles. The predicted molar refractivity (Wildman–Crippen MR) is 62.7 cm³/mol. The molecule has 0 radical (unpaired) electrons. The van der Waals surface area contributed by atoms with Crippen LogP contribution in [-0.2, 0) is 13.0 Å². The zero-order valence-corrected chi connectivity index (χ0v) is 9.48. The molecule has 0 saturated heterocycles. The van der Waals surface area contributed by atoms with Crippen LogP contribution < -0.4 is 4.74 Å². The standard InChI is InChI=1S/C12H12N2O4/c15-10-3-1-9(2-4-10)5-6-14-7-11(13-8-14)18-12(16)17/h1-4,7-8,15H,5-6H2,(H,16,17). The molecule has 94 valence electrons. The van der Waals surface area contributed by atoms with E-state index in [2.05, 4.69) is 9.72 Å². The van der Waals surface area contributed by atoms with Crippen LogP contribution in [0, 0.1) is 0 Å². The maximum atomic E-state index is 10.3. The van der Waals surface area contributed by atoms with Gasteiger partial charge in [0, 0.05) is 6.54 Å². The summed E-state index contributed by atoms with van der Waals surface area (Å²) in [5.74, 6) is 0.298. The molecule has 2 N–H and O–H groups in total. The Labute approximate surface area is 103 Å². The highest BCUT2D eigenvalue weighted by Gasteiger charge is 2.04. The molecule has 0 spiro atoms. The fourth-order valence-electron chi connectivity index (χ4n) is 1.52. The minimum atomic E-state index is -1.38. The van der Waals surface area contributed by atoms with E-state index in [0.717, 1.165) is 12.0 Å². The van der Waals surface area contributed by atoms with Crippen molar-refractivity contribution in [1.29, 1.82) is 0 Å². The quantitative estimate of drug-likeness (QED) is 0.807. The number of ether oxygens (including phenoxy) is 1. The van der Waals surface area contributed by atoms with E-state index < -0.39 is 6.16 Å². The van der Waals surface area contributed by atoms with Crippen molar-refractivity contribution >= 4 is 6.16 Å². The summed E-state index contributed by atoms with van der Waals surface area (Å²) in [4.78, 5) is 14.1. The van der Waals surface area contributed by atoms with Crippen LogP contribution in [0.15, 0.2) is 36.8 Å². The molecule has 6 heteroatoms. The number of carbonyl (C=O) groups is 1. The number of benzene rings is 1. The minimum Gasteiger partial charge on any atom is -0.508 e. The lowest BCUT2D eigenvalue weighted by Gasteiger charge is -2.02. The SMILES string of the molecule is O=C(O)Oc1cn(CCc2ccc(O)cc2)cn1. The van der Waals surface area contributed by atoms with E-state index in [0.29, 0.717) is 6.54 Å². The summed E-state index contributed by atoms with van der Waals surface area (Å²) < 4.78 is 6.16. The normalized spacial score (nSPS) is 10.2. The van der Waals surface area contributed by atoms with Crippen molar-refractivity contribution in [2.75, 3.05) is 0 Å². The number of carboxylic acid groups (broad SMARTS) is 1. The average molecular weight is 248 g/mol. The third-order valence-electron chi connectivity index (χ3n) is 2.40. The van der Waals surface area contributed by atoms with Crippen LogP contribution in [0.5, 0.6) is 11.6 Å². The van der Waals surface area contributed by atoms with E-state index in [1.165, 1.54) is 12.5 Å². The summed E-state index contributed by atoms with van der Waals surface area (Å²) >= 11 is 0. The van der Waals surface area contributed by atoms with E-state index in [9.17, 15) is 4.79 Å². The first kappa shape index (κ1) is 12.0. The minimum absolute atomic E-state index is 0.0632. The highest BCUT2D eigenvalue weighted by Crippen LogP contribution is 2.12. The van der Waals surface area contributed by atoms with Gasteiger partial charge in [0.15, 0.2) is 0 Å². The molecule has 18 heavy (non-hydrogen) atoms. The predicted octanol–water partition coefficient (Wildman–Crippen LogP) is 1.89. The molecular formula is C12H12N2O4. The number of aromatic hydroxyl groups is 1. The fourth-order valence-corrected chi connectivity index (χ4v) is 1.52. The lowest BCUT2D eigenvalue weighted by molar-refractivity contribution is 0.142. The van der Waals surface area contributed by atoms with Gasteiger partial charge in [-0.25, -0.2) is 9.78 Å². The van der Waals surface area contributed by atoms with Crippen LogP contribution >= 0.6 is 0 Å². The second-order valence-electron chi connectivity index (χ2n) is 3.73. The van der Waals surface area contributed by atoms with Gasteiger partial charge in [0.1, 0.15) is 5.75 Å². The zero-order chi connectivity index (χ0) is 13.0. The largest absolute Gasteiger partial charge is 0.512 e. The van der Waals surface area contributed by atoms with Crippen molar-refractivity contribution in [2.24, 2.45) is 0 Å². The molecule has 0 unspecified atom stereocenters. The monoisotopic (exact) mass is 248 g/mol. The van der Waals surface area contributed by atoms with Crippen LogP contribution in [-0.4, -0.2) is 25.9 Å². The van der Waals surface area contributed by atoms with Gasteiger partial charge in [-0.2, -0.15) is 0 Å². The van der Waals surface area contributed by atoms with Crippen molar-refractivity contribution in [3.05, 3.63) is 42.4 Å². The van der Waals surface area contributed by atoms with Crippen LogP contribution in [0.3, 0.4) is 0 Å². The number of rotatable bonds is 4. The summed E-state index contributed by atoms with van der Waals surface area (Å²) in [5.41, 5.74) is 1.07. The van der Waals surface area contributed by atoms with Crippen LogP contribution in [0.1, 0.15) is 5.56 Å². The van der Waals surface area contributed by atoms with Crippen molar-refractivity contribution in [3.63, 3.8) is 0 Å². The molecule has 0 aliphatic rings. The Morgan fingerprint density at radius 1 is 1.33 bits per heavy atom. The number of phenols is 1. The van der Waals surface area contributed by atoms with E-state index in [-0.39, 0.29) is 11.6 Å². The highest BCUT2D eigenvalue weighted by atomic mass is 16.7. The number of aromatic nitrogens is 2. The molecule has 1 aromatic heterocycles. The third-order valence-corrected chi connectivity index (χ3v) is 2.40. The van der Waals surface area contributed by atoms with Gasteiger partial charge >= 0.3 is 6.16 Å². The lowest BCUT2D eigenvalue weighted by Crippen LogP contribution is -2.03. The Bertz CT molecular complexity index is 533. The van der Waals surface area contributed by atoms with Gasteiger partial charge in [-0.15, -0.1) is 0 Å². The maximum absolute atomic E-state index is 10.3. The maximum Gasteiger partial charge on any atom is 0.512 e. The molecule has 0 amide bonds. The summed E-state index contributed by atoms with van der Waals surface area (Å²) in [6.07, 6.45) is 2.41. The van der Waals surface area contributed by atoms with Gasteiger partial charge in [-0.1, -0.05) is 12.1 Å². The first-order valence-electron chi connectivity index (χ1n) is 5.34. The zero-order valence-electron chi connectivity index (χ0n) is 9.48. The Morgan fingerprint density at radius 3 is 2.72 bits per heavy atom. The van der Waals surface area contributed by atoms with E-state index in [4.69, 9.17) is 10.2 Å². The van der Waals surface area contributed by atoms with E-state index in [1.54, 1.807) is 16.7 Å². The van der Waals surface area contributed by atoms with E-state index >= 15 is 0 Å². The molecule has 0 atom stereocenters.